The summed E-state index contributed by atoms with van der Waals surface area (Å²) in [6, 6.07) is 25.9. The summed E-state index contributed by atoms with van der Waals surface area (Å²) in [7, 11) is 0. The molecule has 0 radical (unpaired) electrons. The summed E-state index contributed by atoms with van der Waals surface area (Å²) < 4.78 is 18.4. The van der Waals surface area contributed by atoms with Gasteiger partial charge in [0.2, 0.25) is 5.78 Å². The van der Waals surface area contributed by atoms with Crippen molar-refractivity contribution in [2.75, 3.05) is 13.2 Å². The second-order valence-electron chi connectivity index (χ2n) is 17.5. The molecule has 7 rings (SSSR count). The second kappa shape index (κ2) is 19.9. The van der Waals surface area contributed by atoms with Crippen LogP contribution in [0, 0.1) is 19.3 Å². The number of aryl methyl sites for hydroxylation is 3. The van der Waals surface area contributed by atoms with Crippen molar-refractivity contribution in [3.8, 4) is 33.9 Å². The Kier molecular flexibility index (Phi) is 14.0. The van der Waals surface area contributed by atoms with Gasteiger partial charge >= 0.3 is 11.9 Å². The smallest absolute Gasteiger partial charge is 0.336 e. The Morgan fingerprint density at radius 1 is 0.894 bits per heavy atom. The molecule has 2 aliphatic heterocycles. The Morgan fingerprint density at radius 2 is 1.68 bits per heavy atom. The molecule has 4 aromatic rings. The number of benzene rings is 5. The molecule has 4 aromatic carbocycles. The zero-order valence-electron chi connectivity index (χ0n) is 37.8. The van der Waals surface area contributed by atoms with Crippen molar-refractivity contribution in [2.24, 2.45) is 5.41 Å². The molecule has 1 saturated heterocycles. The number of amides is 2. The van der Waals surface area contributed by atoms with Crippen molar-refractivity contribution in [2.45, 2.75) is 91.8 Å². The Labute approximate surface area is 382 Å². The van der Waals surface area contributed by atoms with Crippen molar-refractivity contribution < 1.29 is 48.1 Å². The summed E-state index contributed by atoms with van der Waals surface area (Å²) >= 11 is 0. The number of phenolic OH excluding ortho intramolecular Hbond substituents is 1. The monoisotopic (exact) mass is 894 g/mol. The first-order valence-corrected chi connectivity index (χ1v) is 22.2. The quantitative estimate of drug-likeness (QED) is 0.0478. The lowest BCUT2D eigenvalue weighted by molar-refractivity contribution is -0.164. The number of hydrogen-bond donors (Lipinski definition) is 3. The molecule has 2 heterocycles. The van der Waals surface area contributed by atoms with Crippen LogP contribution in [0.2, 0.25) is 0 Å². The maximum absolute atomic E-state index is 14.1. The Morgan fingerprint density at radius 3 is 2.44 bits per heavy atom. The third-order valence-electron chi connectivity index (χ3n) is 12.7. The number of nitrogens with one attached hydrogen (secondary N) is 1. The predicted octanol–water partition coefficient (Wildman–Crippen LogP) is 8.88. The van der Waals surface area contributed by atoms with Gasteiger partial charge in [-0.15, -0.1) is 0 Å². The number of piperidine rings is 1. The number of carbonyl (C=O) groups is 5. The number of Topliss-reactive ketones (excluding diaryl/α,β-unsaturated/α-hetero) is 1. The van der Waals surface area contributed by atoms with Crippen LogP contribution in [-0.2, 0) is 36.9 Å². The summed E-state index contributed by atoms with van der Waals surface area (Å²) in [5, 5.41) is 24.3. The third-order valence-corrected chi connectivity index (χ3v) is 12.7. The predicted molar refractivity (Wildman–Crippen MR) is 248 cm³/mol. The van der Waals surface area contributed by atoms with Crippen LogP contribution in [0.4, 0.5) is 0 Å². The van der Waals surface area contributed by atoms with Gasteiger partial charge in [-0.2, -0.15) is 0 Å². The van der Waals surface area contributed by atoms with Crippen LogP contribution >= 0.6 is 0 Å². The number of aromatic hydroxyl groups is 1. The van der Waals surface area contributed by atoms with Crippen molar-refractivity contribution >= 4 is 40.5 Å². The molecule has 2 atom stereocenters. The van der Waals surface area contributed by atoms with Crippen molar-refractivity contribution in [3.63, 3.8) is 0 Å². The molecule has 1 aliphatic carbocycles. The number of aromatic carboxylic acids is 1. The summed E-state index contributed by atoms with van der Waals surface area (Å²) in [6.07, 6.45) is 2.41. The molecule has 0 saturated carbocycles. The highest BCUT2D eigenvalue weighted by molar-refractivity contribution is 6.38. The van der Waals surface area contributed by atoms with Gasteiger partial charge < -0.3 is 34.3 Å². The Bertz CT molecular complexity index is 2860. The van der Waals surface area contributed by atoms with Crippen LogP contribution < -0.4 is 15.5 Å². The zero-order valence-corrected chi connectivity index (χ0v) is 37.8. The van der Waals surface area contributed by atoms with E-state index in [1.54, 1.807) is 68.4 Å². The number of ether oxygens (including phenoxy) is 2. The fraction of sp³-hybridized carbons (Fsp3) is 0.321. The SMILES string of the molecule is CCC(C)(C)C(=O)C(=O)N1CCCC[C@H]1C(=O)O[C@H](CCc1ccc(C)c(C)c1)c1cccc(OCC(=O)NCc2c(O)ccc3c(-c4ccccc4C(=O)O)c4ccc(=O)cc-4oc23)c1. The number of likely N-dealkylation sites (tertiary alicyclic amines) is 1. The number of carboxylic acid groups (broad SMARTS) is 1. The van der Waals surface area contributed by atoms with E-state index in [4.69, 9.17) is 13.9 Å². The fourth-order valence-corrected chi connectivity index (χ4v) is 8.29. The van der Waals surface area contributed by atoms with E-state index in [1.807, 2.05) is 32.9 Å². The van der Waals surface area contributed by atoms with Gasteiger partial charge in [-0.3, -0.25) is 19.2 Å². The minimum atomic E-state index is -1.15. The molecule has 13 nitrogen and oxygen atoms in total. The maximum atomic E-state index is 14.1. The lowest BCUT2D eigenvalue weighted by atomic mass is 9.84. The van der Waals surface area contributed by atoms with Crippen LogP contribution in [-0.4, -0.2) is 63.8 Å². The number of ketones is 1. The molecule has 3 aliphatic rings. The largest absolute Gasteiger partial charge is 0.507 e. The average molecular weight is 895 g/mol. The minimum absolute atomic E-state index is 0.0273. The average Bonchev–Trinajstić information content (AvgIpc) is 3.31. The standard InChI is InChI=1S/C53H54N2O11/c1-6-53(4,5)49(59)50(60)55-25-10-9-16-42(55)52(63)66-44(24-19-33-18-17-31(2)32(3)26-33)34-12-11-13-36(27-34)64-30-46(58)54-29-41-43(57)23-22-40-47(37-14-7-8-15-38(37)51(61)62)39-21-20-35(56)28-45(39)65-48(40)41/h7-8,11-15,17-18,20-23,26-28,42,44,57H,6,9-10,16,19,24-25,29-30H2,1-5H3,(H,54,58)(H,61,62)/t42-,44+/m0/s1. The number of esters is 1. The van der Waals surface area contributed by atoms with E-state index in [9.17, 15) is 39.0 Å². The normalized spacial score (nSPS) is 14.4. The van der Waals surface area contributed by atoms with Crippen LogP contribution in [0.15, 0.2) is 106 Å². The summed E-state index contributed by atoms with van der Waals surface area (Å²) in [5.74, 6) is -3.21. The van der Waals surface area contributed by atoms with Gasteiger partial charge in [0.1, 0.15) is 35.0 Å². The van der Waals surface area contributed by atoms with E-state index >= 15 is 0 Å². The van der Waals surface area contributed by atoms with E-state index in [0.29, 0.717) is 71.9 Å². The number of fused-ring (bicyclic) bond motifs is 2. The first-order chi connectivity index (χ1) is 31.6. The number of nitrogens with zero attached hydrogens (tertiary/aromatic N) is 1. The molecule has 0 aromatic heterocycles. The van der Waals surface area contributed by atoms with Crippen molar-refractivity contribution in [1.82, 2.24) is 10.2 Å². The van der Waals surface area contributed by atoms with Gasteiger partial charge in [0.25, 0.3) is 11.8 Å². The van der Waals surface area contributed by atoms with Gasteiger partial charge in [0, 0.05) is 34.5 Å². The van der Waals surface area contributed by atoms with Crippen molar-refractivity contribution in [1.29, 1.82) is 0 Å². The molecule has 0 unspecified atom stereocenters. The highest BCUT2D eigenvalue weighted by atomic mass is 16.5. The van der Waals surface area contributed by atoms with E-state index in [-0.39, 0.29) is 46.7 Å². The van der Waals surface area contributed by atoms with Gasteiger partial charge in [-0.1, -0.05) is 69.3 Å². The lowest BCUT2D eigenvalue weighted by Gasteiger charge is -2.36. The molecule has 1 fully saturated rings. The number of hydrogen-bond acceptors (Lipinski definition) is 10. The Balaban J connectivity index is 1.10. The van der Waals surface area contributed by atoms with Gasteiger partial charge in [0.05, 0.1) is 17.7 Å². The summed E-state index contributed by atoms with van der Waals surface area (Å²) in [6.45, 7) is 9.02. The van der Waals surface area contributed by atoms with Gasteiger partial charge in [0.15, 0.2) is 12.0 Å². The second-order valence-corrected chi connectivity index (χ2v) is 17.5. The number of carbonyl (C=O) groups excluding carboxylic acids is 4. The van der Waals surface area contributed by atoms with Crippen molar-refractivity contribution in [3.05, 3.63) is 141 Å². The highest BCUT2D eigenvalue weighted by Gasteiger charge is 2.41. The first-order valence-electron chi connectivity index (χ1n) is 22.2. The highest BCUT2D eigenvalue weighted by Crippen LogP contribution is 2.43. The fourth-order valence-electron chi connectivity index (χ4n) is 8.29. The zero-order chi connectivity index (χ0) is 47.3. The van der Waals surface area contributed by atoms with E-state index < -0.39 is 53.7 Å². The molecule has 13 heteroatoms. The molecule has 0 spiro atoms. The molecular weight excluding hydrogens is 841 g/mol. The minimum Gasteiger partial charge on any atom is -0.507 e. The summed E-state index contributed by atoms with van der Waals surface area (Å²) in [4.78, 5) is 80.4. The van der Waals surface area contributed by atoms with Crippen LogP contribution in [0.5, 0.6) is 11.5 Å². The molecule has 0 bridgehead atoms. The molecule has 2 amide bonds. The molecule has 3 N–H and O–H groups in total. The molecule has 66 heavy (non-hydrogen) atoms. The van der Waals surface area contributed by atoms with Crippen LogP contribution in [0.1, 0.15) is 97.2 Å². The van der Waals surface area contributed by atoms with Gasteiger partial charge in [-0.05, 0) is 123 Å². The first kappa shape index (κ1) is 46.7. The Hall–Kier alpha value is -7.28. The molecule has 342 valence electrons. The van der Waals surface area contributed by atoms with E-state index in [2.05, 4.69) is 11.4 Å². The van der Waals surface area contributed by atoms with E-state index in [1.165, 1.54) is 29.2 Å². The number of rotatable bonds is 16. The maximum Gasteiger partial charge on any atom is 0.336 e. The molecular formula is C53H54N2O11. The number of carboxylic acids is 1. The topological polar surface area (TPSA) is 190 Å². The van der Waals surface area contributed by atoms with E-state index in [0.717, 1.165) is 16.7 Å². The van der Waals surface area contributed by atoms with Crippen LogP contribution in [0.25, 0.3) is 33.4 Å². The van der Waals surface area contributed by atoms with Gasteiger partial charge in [-0.25, -0.2) is 9.59 Å². The van der Waals surface area contributed by atoms with Crippen LogP contribution in [0.3, 0.4) is 0 Å². The lowest BCUT2D eigenvalue weighted by Crippen LogP contribution is -2.53. The third kappa shape index (κ3) is 10.1. The summed E-state index contributed by atoms with van der Waals surface area (Å²) in [5.41, 5.74) is 4.46. The number of phenols is 1.